The number of carbonyl (C=O) groups excluding carboxylic acids is 4. The van der Waals surface area contributed by atoms with E-state index < -0.39 is 48.5 Å². The summed E-state index contributed by atoms with van der Waals surface area (Å²) in [5, 5.41) is 6.33. The SMILES string of the molecule is CC(C)[C@H](NC1=C(Br)C(=O)O[C@@H]1O[C@@H]1C[C@H](C)CC[C@H]1C(C)C)C(=O)OCC#CC#CCOC(=O)[C@@H](NC1=C(Br)C(=O)O[C@@H]1O[C@@H]1C[C@H](C)CC[C@H]1C(C)C)C(C)C. The minimum Gasteiger partial charge on any atom is -0.451 e. The molecule has 58 heavy (non-hydrogen) atoms. The van der Waals surface area contributed by atoms with Crippen LogP contribution in [0.25, 0.3) is 0 Å². The molecule has 0 aromatic rings. The number of rotatable bonds is 16. The van der Waals surface area contributed by atoms with Gasteiger partial charge < -0.3 is 39.1 Å². The van der Waals surface area contributed by atoms with Gasteiger partial charge in [0.1, 0.15) is 32.4 Å². The van der Waals surface area contributed by atoms with Crippen molar-refractivity contribution in [1.29, 1.82) is 0 Å². The molecule has 2 aliphatic carbocycles. The zero-order valence-electron chi connectivity index (χ0n) is 35.6. The van der Waals surface area contributed by atoms with Crippen LogP contribution in [0.4, 0.5) is 0 Å². The molecule has 2 aliphatic heterocycles. The Morgan fingerprint density at radius 2 is 1.02 bits per heavy atom. The summed E-state index contributed by atoms with van der Waals surface area (Å²) < 4.78 is 35.3. The number of hydrogen-bond acceptors (Lipinski definition) is 12. The lowest BCUT2D eigenvalue weighted by Gasteiger charge is -2.38. The summed E-state index contributed by atoms with van der Waals surface area (Å²) in [5.74, 6) is 10.4. The molecule has 0 aromatic carbocycles. The van der Waals surface area contributed by atoms with Crippen molar-refractivity contribution in [2.45, 2.75) is 145 Å². The standard InChI is InChI=1S/C44H62Br2N2O10/c1-23(2)29-17-15-27(9)21-31(29)55-43-37(33(45)39(49)57-43)47-35(25(5)6)41(51)53-19-13-11-12-14-20-54-42(52)36(26(7)8)48-38-34(46)40(50)58-44(38)56-32-22-28(10)16-18-30(32)24(3)4/h23-32,35-36,43-44,47-48H,15-22H2,1-10H3/t27-,28-,29+,30+,31-,32-,35+,36+,43+,44+/m1/s1. The summed E-state index contributed by atoms with van der Waals surface area (Å²) in [6.45, 7) is 20.1. The highest BCUT2D eigenvalue weighted by molar-refractivity contribution is 9.12. The van der Waals surface area contributed by atoms with Gasteiger partial charge in [-0.1, -0.05) is 82.1 Å². The average Bonchev–Trinajstić information content (AvgIpc) is 3.56. The third kappa shape index (κ3) is 12.7. The predicted octanol–water partition coefficient (Wildman–Crippen LogP) is 7.24. The van der Waals surface area contributed by atoms with Crippen LogP contribution in [0.5, 0.6) is 0 Å². The Morgan fingerprint density at radius 3 is 1.34 bits per heavy atom. The van der Waals surface area contributed by atoms with Crippen LogP contribution in [0.3, 0.4) is 0 Å². The number of halogens is 2. The highest BCUT2D eigenvalue weighted by Gasteiger charge is 2.43. The van der Waals surface area contributed by atoms with Gasteiger partial charge in [-0.3, -0.25) is 0 Å². The maximum atomic E-state index is 13.2. The molecule has 0 amide bonds. The predicted molar refractivity (Wildman–Crippen MR) is 225 cm³/mol. The van der Waals surface area contributed by atoms with Crippen LogP contribution in [-0.2, 0) is 47.6 Å². The van der Waals surface area contributed by atoms with E-state index in [0.717, 1.165) is 38.5 Å². The maximum absolute atomic E-state index is 13.2. The largest absolute Gasteiger partial charge is 0.451 e. The van der Waals surface area contributed by atoms with E-state index in [1.165, 1.54) is 0 Å². The third-order valence-electron chi connectivity index (χ3n) is 11.5. The van der Waals surface area contributed by atoms with Gasteiger partial charge in [0.05, 0.1) is 12.2 Å². The number of cyclic esters (lactones) is 2. The molecule has 0 bridgehead atoms. The number of carbonyl (C=O) groups is 4. The monoisotopic (exact) mass is 936 g/mol. The van der Waals surface area contributed by atoms with Gasteiger partial charge in [-0.25, -0.2) is 19.2 Å². The molecule has 2 N–H and O–H groups in total. The fourth-order valence-corrected chi connectivity index (χ4v) is 8.83. The molecule has 4 rings (SSSR count). The lowest BCUT2D eigenvalue weighted by atomic mass is 9.75. The van der Waals surface area contributed by atoms with Crippen LogP contribution in [0.1, 0.15) is 108 Å². The minimum absolute atomic E-state index is 0.0887. The highest BCUT2D eigenvalue weighted by atomic mass is 79.9. The first kappa shape index (κ1) is 47.6. The van der Waals surface area contributed by atoms with Gasteiger partial charge in [-0.15, -0.1) is 0 Å². The zero-order valence-corrected chi connectivity index (χ0v) is 38.8. The number of nitrogens with one attached hydrogen (secondary N) is 2. The summed E-state index contributed by atoms with van der Waals surface area (Å²) in [5.41, 5.74) is 0.721. The molecule has 0 saturated heterocycles. The topological polar surface area (TPSA) is 148 Å². The van der Waals surface area contributed by atoms with E-state index in [1.54, 1.807) is 0 Å². The van der Waals surface area contributed by atoms with Crippen LogP contribution < -0.4 is 10.6 Å². The fourth-order valence-electron chi connectivity index (χ4n) is 8.04. The summed E-state index contributed by atoms with van der Waals surface area (Å²) in [6.07, 6.45) is 3.95. The van der Waals surface area contributed by atoms with Gasteiger partial charge in [-0.2, -0.15) is 0 Å². The van der Waals surface area contributed by atoms with E-state index >= 15 is 0 Å². The molecule has 2 fully saturated rings. The average molecular weight is 939 g/mol. The molecule has 14 heteroatoms. The Morgan fingerprint density at radius 1 is 0.655 bits per heavy atom. The fraction of sp³-hybridized carbons (Fsp3) is 0.727. The quantitative estimate of drug-likeness (QED) is 0.0914. The van der Waals surface area contributed by atoms with E-state index in [1.807, 2.05) is 27.7 Å². The van der Waals surface area contributed by atoms with E-state index in [2.05, 4.69) is 108 Å². The van der Waals surface area contributed by atoms with Crippen LogP contribution in [-0.4, -0.2) is 74.0 Å². The molecule has 0 radical (unpaired) electrons. The van der Waals surface area contributed by atoms with Crippen molar-refractivity contribution in [1.82, 2.24) is 10.6 Å². The lowest BCUT2D eigenvalue weighted by Crippen LogP contribution is -2.45. The third-order valence-corrected chi connectivity index (χ3v) is 13.0. The van der Waals surface area contributed by atoms with Gasteiger partial charge in [0.15, 0.2) is 13.2 Å². The normalized spacial score (nSPS) is 28.4. The van der Waals surface area contributed by atoms with E-state index in [0.29, 0.717) is 46.9 Å². The van der Waals surface area contributed by atoms with Crippen molar-refractivity contribution in [3.63, 3.8) is 0 Å². The Hall–Kier alpha value is -3.04. The molecular weight excluding hydrogens is 876 g/mol. The van der Waals surface area contributed by atoms with Crippen molar-refractivity contribution in [2.24, 2.45) is 47.3 Å². The van der Waals surface area contributed by atoms with Crippen molar-refractivity contribution < 1.29 is 47.6 Å². The summed E-state index contributed by atoms with van der Waals surface area (Å²) in [7, 11) is 0. The second kappa shape index (κ2) is 22.0. The molecule has 322 valence electrons. The van der Waals surface area contributed by atoms with Crippen LogP contribution >= 0.6 is 31.9 Å². The smallest absolute Gasteiger partial charge is 0.349 e. The molecule has 0 aromatic heterocycles. The maximum Gasteiger partial charge on any atom is 0.349 e. The Balaban J connectivity index is 1.29. The van der Waals surface area contributed by atoms with Crippen LogP contribution in [0, 0.1) is 71.0 Å². The van der Waals surface area contributed by atoms with Gasteiger partial charge in [0, 0.05) is 0 Å². The van der Waals surface area contributed by atoms with E-state index in [-0.39, 0.29) is 46.2 Å². The van der Waals surface area contributed by atoms with Gasteiger partial charge >= 0.3 is 23.9 Å². The first-order valence-corrected chi connectivity index (χ1v) is 22.3. The van der Waals surface area contributed by atoms with Crippen molar-refractivity contribution in [3.8, 4) is 23.7 Å². The molecule has 12 nitrogen and oxygen atoms in total. The minimum atomic E-state index is -0.970. The number of hydrogen-bond donors (Lipinski definition) is 2. The molecule has 2 heterocycles. The summed E-state index contributed by atoms with van der Waals surface area (Å²) in [6, 6.07) is -1.63. The lowest BCUT2D eigenvalue weighted by molar-refractivity contribution is -0.183. The molecule has 4 aliphatic rings. The molecule has 0 spiro atoms. The van der Waals surface area contributed by atoms with Gasteiger partial charge in [0.25, 0.3) is 0 Å². The molecule has 0 unspecified atom stereocenters. The second-order valence-corrected chi connectivity index (χ2v) is 19.1. The second-order valence-electron chi connectivity index (χ2n) is 17.5. The molecule has 10 atom stereocenters. The van der Waals surface area contributed by atoms with Crippen molar-refractivity contribution in [2.75, 3.05) is 13.2 Å². The Kier molecular flexibility index (Phi) is 18.1. The highest BCUT2D eigenvalue weighted by Crippen LogP contribution is 2.40. The van der Waals surface area contributed by atoms with E-state index in [9.17, 15) is 19.2 Å². The summed E-state index contributed by atoms with van der Waals surface area (Å²) in [4.78, 5) is 51.6. The van der Waals surface area contributed by atoms with Crippen molar-refractivity contribution >= 4 is 55.7 Å². The van der Waals surface area contributed by atoms with Gasteiger partial charge in [0.2, 0.25) is 12.6 Å². The number of ether oxygens (including phenoxy) is 6. The van der Waals surface area contributed by atoms with Crippen molar-refractivity contribution in [3.05, 3.63) is 20.4 Å². The Labute approximate surface area is 361 Å². The Bertz CT molecular complexity index is 1560. The van der Waals surface area contributed by atoms with Gasteiger partial charge in [-0.05, 0) is 129 Å². The molecule has 2 saturated carbocycles. The van der Waals surface area contributed by atoms with E-state index in [4.69, 9.17) is 28.4 Å². The zero-order chi connectivity index (χ0) is 42.8. The molecular formula is C44H62Br2N2O10. The first-order chi connectivity index (χ1) is 27.4. The first-order valence-electron chi connectivity index (χ1n) is 20.7. The van der Waals surface area contributed by atoms with Crippen LogP contribution in [0.15, 0.2) is 20.4 Å². The van der Waals surface area contributed by atoms with Crippen LogP contribution in [0.2, 0.25) is 0 Å². The summed E-state index contributed by atoms with van der Waals surface area (Å²) >= 11 is 6.67. The number of esters is 4.